The molecule has 9 heteroatoms. The molecule has 1 aliphatic rings. The molecule has 1 saturated carbocycles. The largest absolute Gasteiger partial charge is 0.341 e. The maximum atomic E-state index is 5.40. The third-order valence-corrected chi connectivity index (χ3v) is 3.30. The van der Waals surface area contributed by atoms with Crippen molar-refractivity contribution in [3.05, 3.63) is 12.7 Å². The van der Waals surface area contributed by atoms with Gasteiger partial charge < -0.3 is 4.90 Å². The second kappa shape index (κ2) is 4.76. The van der Waals surface area contributed by atoms with E-state index >= 15 is 0 Å². The molecule has 0 atom stereocenters. The molecule has 0 spiro atoms. The van der Waals surface area contributed by atoms with Crippen LogP contribution < -0.4 is 16.2 Å². The highest BCUT2D eigenvalue weighted by molar-refractivity contribution is 5.39. The highest BCUT2D eigenvalue weighted by Crippen LogP contribution is 2.26. The predicted octanol–water partition coefficient (Wildman–Crippen LogP) is -0.273. The number of nitrogens with two attached hydrogens (primary N) is 1. The maximum Gasteiger partial charge on any atom is 0.258 e. The van der Waals surface area contributed by atoms with Gasteiger partial charge in [-0.05, 0) is 19.3 Å². The van der Waals surface area contributed by atoms with Crippen LogP contribution in [0.5, 0.6) is 0 Å². The standard InChI is InChI=1S/C10H15N9/c1-18(7-3-2-4-7)9-14-8(17-11)15-10(16-9)19-6-12-5-13-19/h5-7H,2-4,11H2,1H3,(H,14,15,16,17). The molecule has 19 heavy (non-hydrogen) atoms. The van der Waals surface area contributed by atoms with E-state index in [0.717, 1.165) is 12.8 Å². The first-order valence-corrected chi connectivity index (χ1v) is 6.08. The Morgan fingerprint density at radius 2 is 2.21 bits per heavy atom. The summed E-state index contributed by atoms with van der Waals surface area (Å²) in [4.78, 5) is 18.7. The fourth-order valence-electron chi connectivity index (χ4n) is 1.93. The highest BCUT2D eigenvalue weighted by atomic mass is 15.4. The Bertz CT molecular complexity index is 548. The lowest BCUT2D eigenvalue weighted by Gasteiger charge is -2.34. The summed E-state index contributed by atoms with van der Waals surface area (Å²) in [5, 5.41) is 4.01. The van der Waals surface area contributed by atoms with E-state index in [0.29, 0.717) is 23.9 Å². The Morgan fingerprint density at radius 1 is 1.37 bits per heavy atom. The van der Waals surface area contributed by atoms with Crippen molar-refractivity contribution in [3.63, 3.8) is 0 Å². The zero-order chi connectivity index (χ0) is 13.2. The molecule has 0 aromatic carbocycles. The lowest BCUT2D eigenvalue weighted by Crippen LogP contribution is -2.38. The van der Waals surface area contributed by atoms with E-state index in [9.17, 15) is 0 Å². The molecule has 9 nitrogen and oxygen atoms in total. The zero-order valence-corrected chi connectivity index (χ0v) is 10.6. The Morgan fingerprint density at radius 3 is 2.79 bits per heavy atom. The van der Waals surface area contributed by atoms with Gasteiger partial charge >= 0.3 is 0 Å². The number of aromatic nitrogens is 6. The summed E-state index contributed by atoms with van der Waals surface area (Å²) in [5.74, 6) is 6.68. The average Bonchev–Trinajstić information content (AvgIpc) is 2.90. The average molecular weight is 261 g/mol. The molecule has 0 bridgehead atoms. The molecule has 100 valence electrons. The van der Waals surface area contributed by atoms with Gasteiger partial charge in [0, 0.05) is 13.1 Å². The number of hydrazine groups is 1. The first-order chi connectivity index (χ1) is 9.28. The van der Waals surface area contributed by atoms with Gasteiger partial charge in [0.05, 0.1) is 0 Å². The van der Waals surface area contributed by atoms with Crippen molar-refractivity contribution < 1.29 is 0 Å². The minimum Gasteiger partial charge on any atom is -0.341 e. The molecule has 3 N–H and O–H groups in total. The Labute approximate surface area is 109 Å². The van der Waals surface area contributed by atoms with Crippen LogP contribution in [-0.4, -0.2) is 42.8 Å². The minimum atomic E-state index is 0.307. The molecule has 0 amide bonds. The van der Waals surface area contributed by atoms with Crippen molar-refractivity contribution in [2.45, 2.75) is 25.3 Å². The third-order valence-electron chi connectivity index (χ3n) is 3.30. The number of nitrogens with one attached hydrogen (secondary N) is 1. The first-order valence-electron chi connectivity index (χ1n) is 6.08. The van der Waals surface area contributed by atoms with E-state index in [1.54, 1.807) is 0 Å². The fourth-order valence-corrected chi connectivity index (χ4v) is 1.93. The molecule has 0 unspecified atom stereocenters. The topological polar surface area (TPSA) is 111 Å². The second-order valence-corrected chi connectivity index (χ2v) is 4.44. The van der Waals surface area contributed by atoms with Crippen LogP contribution in [0.4, 0.5) is 11.9 Å². The predicted molar refractivity (Wildman–Crippen MR) is 68.6 cm³/mol. The lowest BCUT2D eigenvalue weighted by molar-refractivity contribution is 0.397. The van der Waals surface area contributed by atoms with Crippen molar-refractivity contribution in [2.24, 2.45) is 5.84 Å². The SMILES string of the molecule is CN(c1nc(NN)nc(-n2cncn2)n1)C1CCC1. The van der Waals surface area contributed by atoms with E-state index < -0.39 is 0 Å². The number of nitrogens with zero attached hydrogens (tertiary/aromatic N) is 7. The van der Waals surface area contributed by atoms with Crippen molar-refractivity contribution >= 4 is 11.9 Å². The van der Waals surface area contributed by atoms with Gasteiger partial charge in [0.2, 0.25) is 11.9 Å². The van der Waals surface area contributed by atoms with Crippen LogP contribution in [0.2, 0.25) is 0 Å². The van der Waals surface area contributed by atoms with Crippen LogP contribution in [0.1, 0.15) is 19.3 Å². The highest BCUT2D eigenvalue weighted by Gasteiger charge is 2.25. The van der Waals surface area contributed by atoms with E-state index in [1.165, 1.54) is 23.8 Å². The molecular weight excluding hydrogens is 246 g/mol. The summed E-state index contributed by atoms with van der Waals surface area (Å²) in [6, 6.07) is 0.483. The molecule has 3 rings (SSSR count). The molecule has 2 aromatic rings. The van der Waals surface area contributed by atoms with Crippen LogP contribution in [0.25, 0.3) is 5.95 Å². The van der Waals surface area contributed by atoms with Crippen molar-refractivity contribution in [2.75, 3.05) is 17.4 Å². The smallest absolute Gasteiger partial charge is 0.258 e. The summed E-state index contributed by atoms with van der Waals surface area (Å²) < 4.78 is 1.47. The quantitative estimate of drug-likeness (QED) is 0.571. The van der Waals surface area contributed by atoms with Gasteiger partial charge in [-0.3, -0.25) is 5.43 Å². The van der Waals surface area contributed by atoms with E-state index in [1.807, 2.05) is 11.9 Å². The van der Waals surface area contributed by atoms with E-state index in [2.05, 4.69) is 30.5 Å². The van der Waals surface area contributed by atoms with Crippen molar-refractivity contribution in [3.8, 4) is 5.95 Å². The molecule has 1 fully saturated rings. The normalized spacial score (nSPS) is 15.1. The molecular formula is C10H15N9. The van der Waals surface area contributed by atoms with Crippen molar-refractivity contribution in [1.29, 1.82) is 0 Å². The number of hydrogen-bond donors (Lipinski definition) is 2. The summed E-state index contributed by atoms with van der Waals surface area (Å²) in [7, 11) is 1.98. The van der Waals surface area contributed by atoms with Gasteiger partial charge in [-0.2, -0.15) is 24.7 Å². The van der Waals surface area contributed by atoms with Crippen LogP contribution in [0, 0.1) is 0 Å². The van der Waals surface area contributed by atoms with Gasteiger partial charge in [0.15, 0.2) is 0 Å². The number of rotatable bonds is 4. The molecule has 0 saturated heterocycles. The monoisotopic (exact) mass is 261 g/mol. The molecule has 2 aromatic heterocycles. The number of anilines is 2. The van der Waals surface area contributed by atoms with Gasteiger partial charge in [0.25, 0.3) is 5.95 Å². The maximum absolute atomic E-state index is 5.40. The minimum absolute atomic E-state index is 0.307. The molecule has 0 radical (unpaired) electrons. The van der Waals surface area contributed by atoms with Crippen LogP contribution in [0.15, 0.2) is 12.7 Å². The summed E-state index contributed by atoms with van der Waals surface area (Å²) >= 11 is 0. The summed E-state index contributed by atoms with van der Waals surface area (Å²) in [5.41, 5.74) is 2.45. The Balaban J connectivity index is 1.97. The lowest BCUT2D eigenvalue weighted by atomic mass is 9.92. The summed E-state index contributed by atoms with van der Waals surface area (Å²) in [6.45, 7) is 0. The van der Waals surface area contributed by atoms with Gasteiger partial charge in [0.1, 0.15) is 12.7 Å². The third kappa shape index (κ3) is 2.19. The van der Waals surface area contributed by atoms with Crippen LogP contribution >= 0.6 is 0 Å². The molecule has 1 aliphatic carbocycles. The Kier molecular flexibility index (Phi) is 2.95. The second-order valence-electron chi connectivity index (χ2n) is 4.44. The van der Waals surface area contributed by atoms with Crippen molar-refractivity contribution in [1.82, 2.24) is 29.7 Å². The fraction of sp³-hybridized carbons (Fsp3) is 0.500. The first kappa shape index (κ1) is 11.8. The van der Waals surface area contributed by atoms with E-state index in [-0.39, 0.29) is 0 Å². The molecule has 0 aliphatic heterocycles. The molecule has 2 heterocycles. The van der Waals surface area contributed by atoms with Gasteiger partial charge in [-0.1, -0.05) is 0 Å². The van der Waals surface area contributed by atoms with Gasteiger partial charge in [-0.25, -0.2) is 10.8 Å². The number of hydrogen-bond acceptors (Lipinski definition) is 8. The zero-order valence-electron chi connectivity index (χ0n) is 10.6. The van der Waals surface area contributed by atoms with Gasteiger partial charge in [-0.15, -0.1) is 0 Å². The van der Waals surface area contributed by atoms with E-state index in [4.69, 9.17) is 5.84 Å². The number of nitrogen functional groups attached to an aromatic ring is 1. The van der Waals surface area contributed by atoms with Crippen LogP contribution in [-0.2, 0) is 0 Å². The van der Waals surface area contributed by atoms with Crippen LogP contribution in [0.3, 0.4) is 0 Å². The summed E-state index contributed by atoms with van der Waals surface area (Å²) in [6.07, 6.45) is 6.52. The Hall–Kier alpha value is -2.29.